The first kappa shape index (κ1) is 25.9. The van der Waals surface area contributed by atoms with E-state index in [1.807, 2.05) is 6.92 Å². The van der Waals surface area contributed by atoms with Gasteiger partial charge in [-0.25, -0.2) is 4.79 Å². The van der Waals surface area contributed by atoms with Crippen molar-refractivity contribution in [3.05, 3.63) is 12.7 Å². The highest BCUT2D eigenvalue weighted by Crippen LogP contribution is 2.12. The predicted octanol–water partition coefficient (Wildman–Crippen LogP) is 0.227. The van der Waals surface area contributed by atoms with E-state index in [2.05, 4.69) is 6.58 Å². The number of ether oxygens (including phenoxy) is 5. The molecule has 2 fully saturated rings. The van der Waals surface area contributed by atoms with E-state index in [1.165, 1.54) is 0 Å². The average molecular weight is 394 g/mol. The lowest BCUT2D eigenvalue weighted by atomic mass is 10.4. The van der Waals surface area contributed by atoms with E-state index in [4.69, 9.17) is 39.0 Å². The number of aliphatic hydroxyl groups excluding tert-OH is 2. The second-order valence-electron chi connectivity index (χ2n) is 6.31. The maximum absolute atomic E-state index is 9.25. The largest absolute Gasteiger partial charge is 0.478 e. The van der Waals surface area contributed by atoms with Crippen LogP contribution in [-0.2, 0) is 28.5 Å². The molecule has 2 heterocycles. The van der Waals surface area contributed by atoms with Gasteiger partial charge < -0.3 is 39.0 Å². The highest BCUT2D eigenvalue weighted by molar-refractivity contribution is 5.78. The van der Waals surface area contributed by atoms with E-state index < -0.39 is 12.1 Å². The second kappa shape index (κ2) is 15.9. The van der Waals surface area contributed by atoms with Gasteiger partial charge in [0.25, 0.3) is 0 Å². The van der Waals surface area contributed by atoms with E-state index in [-0.39, 0.29) is 18.8 Å². The van der Waals surface area contributed by atoms with Gasteiger partial charge in [0.05, 0.1) is 64.6 Å². The quantitative estimate of drug-likeness (QED) is 0.314. The molecule has 0 aromatic carbocycles. The molecule has 0 aliphatic carbocycles. The summed E-state index contributed by atoms with van der Waals surface area (Å²) >= 11 is 0. The highest BCUT2D eigenvalue weighted by atomic mass is 16.6. The molecular weight excluding hydrogens is 360 g/mol. The molecule has 0 bridgehead atoms. The van der Waals surface area contributed by atoms with E-state index in [0.717, 1.165) is 32.5 Å². The van der Waals surface area contributed by atoms with Gasteiger partial charge in [-0.1, -0.05) is 6.58 Å². The smallest absolute Gasteiger partial charge is 0.327 e. The van der Waals surface area contributed by atoms with Gasteiger partial charge in [-0.15, -0.1) is 0 Å². The molecule has 160 valence electrons. The standard InChI is InChI=1S/C9H20O4.C6H10O3.C3H4O2/c1-7(11)5-12-9(3)6-13-8(2)4-10;1(5-3-8-5)7-2-6-4-9-6;1-2-3(4)5/h7-11H,4-6H2,1-3H3;5-6H,1-4H2;2H,1H2,(H,4,5). The Bertz CT molecular complexity index is 369. The number of carboxylic acids is 1. The summed E-state index contributed by atoms with van der Waals surface area (Å²) in [6.45, 7) is 12.3. The molecular formula is C18H34O9. The van der Waals surface area contributed by atoms with Crippen molar-refractivity contribution >= 4 is 5.97 Å². The third-order valence-corrected chi connectivity index (χ3v) is 3.08. The van der Waals surface area contributed by atoms with Gasteiger partial charge in [-0.05, 0) is 20.8 Å². The Morgan fingerprint density at radius 2 is 1.56 bits per heavy atom. The van der Waals surface area contributed by atoms with Crippen LogP contribution in [0.15, 0.2) is 12.7 Å². The van der Waals surface area contributed by atoms with Gasteiger partial charge in [0, 0.05) is 6.08 Å². The van der Waals surface area contributed by atoms with Crippen LogP contribution >= 0.6 is 0 Å². The van der Waals surface area contributed by atoms with E-state index >= 15 is 0 Å². The molecule has 0 aromatic rings. The topological polar surface area (TPSA) is 131 Å². The summed E-state index contributed by atoms with van der Waals surface area (Å²) in [5.74, 6) is -0.981. The van der Waals surface area contributed by atoms with Gasteiger partial charge >= 0.3 is 5.97 Å². The van der Waals surface area contributed by atoms with Gasteiger partial charge in [0.1, 0.15) is 12.2 Å². The van der Waals surface area contributed by atoms with Crippen molar-refractivity contribution in [2.75, 3.05) is 46.2 Å². The SMILES string of the molecule is C(OCC1CO1)C1CO1.C=CC(=O)O.CC(O)COC(C)COC(C)CO. The Labute approximate surface area is 160 Å². The van der Waals surface area contributed by atoms with Crippen LogP contribution in [-0.4, -0.2) is 98.1 Å². The first-order valence-corrected chi connectivity index (χ1v) is 8.96. The zero-order valence-electron chi connectivity index (χ0n) is 16.4. The molecule has 3 N–H and O–H groups in total. The van der Waals surface area contributed by atoms with Crippen LogP contribution in [0.5, 0.6) is 0 Å². The summed E-state index contributed by atoms with van der Waals surface area (Å²) in [6, 6.07) is 0. The molecule has 5 unspecified atom stereocenters. The van der Waals surface area contributed by atoms with Crippen LogP contribution in [0.4, 0.5) is 0 Å². The summed E-state index contributed by atoms with van der Waals surface area (Å²) in [6.07, 6.45) is 0.964. The summed E-state index contributed by atoms with van der Waals surface area (Å²) in [5, 5.41) is 25.2. The van der Waals surface area contributed by atoms with Crippen LogP contribution < -0.4 is 0 Å². The lowest BCUT2D eigenvalue weighted by Crippen LogP contribution is -2.24. The molecule has 2 aliphatic rings. The van der Waals surface area contributed by atoms with Gasteiger partial charge in [0.15, 0.2) is 0 Å². The Hall–Kier alpha value is -1.07. The van der Waals surface area contributed by atoms with Gasteiger partial charge in [-0.3, -0.25) is 0 Å². The number of carboxylic acid groups (broad SMARTS) is 1. The van der Waals surface area contributed by atoms with Crippen molar-refractivity contribution in [1.29, 1.82) is 0 Å². The van der Waals surface area contributed by atoms with Gasteiger partial charge in [0.2, 0.25) is 0 Å². The third kappa shape index (κ3) is 21.1. The monoisotopic (exact) mass is 394 g/mol. The summed E-state index contributed by atoms with van der Waals surface area (Å²) in [5.41, 5.74) is 0. The fourth-order valence-electron chi connectivity index (χ4n) is 1.36. The fraction of sp³-hybridized carbons (Fsp3) is 0.833. The fourth-order valence-corrected chi connectivity index (χ4v) is 1.36. The molecule has 0 saturated carbocycles. The minimum absolute atomic E-state index is 0.0170. The average Bonchev–Trinajstić information content (AvgIpc) is 3.54. The molecule has 5 atom stereocenters. The summed E-state index contributed by atoms with van der Waals surface area (Å²) < 4.78 is 25.6. The number of hydrogen-bond donors (Lipinski definition) is 3. The number of rotatable bonds is 12. The summed E-state index contributed by atoms with van der Waals surface area (Å²) in [4.78, 5) is 9.25. The van der Waals surface area contributed by atoms with Crippen molar-refractivity contribution in [3.8, 4) is 0 Å². The Morgan fingerprint density at radius 3 is 1.89 bits per heavy atom. The van der Waals surface area contributed by atoms with Crippen LogP contribution in [0.1, 0.15) is 20.8 Å². The predicted molar refractivity (Wildman–Crippen MR) is 97.7 cm³/mol. The minimum atomic E-state index is -0.981. The van der Waals surface area contributed by atoms with Crippen molar-refractivity contribution < 1.29 is 43.8 Å². The van der Waals surface area contributed by atoms with E-state index in [9.17, 15) is 4.79 Å². The second-order valence-corrected chi connectivity index (χ2v) is 6.31. The first-order chi connectivity index (χ1) is 12.8. The molecule has 0 aromatic heterocycles. The van der Waals surface area contributed by atoms with Crippen LogP contribution in [0.25, 0.3) is 0 Å². The van der Waals surface area contributed by atoms with Crippen LogP contribution in [0.3, 0.4) is 0 Å². The van der Waals surface area contributed by atoms with Crippen molar-refractivity contribution in [1.82, 2.24) is 0 Å². The van der Waals surface area contributed by atoms with Crippen molar-refractivity contribution in [2.24, 2.45) is 0 Å². The number of epoxide rings is 2. The van der Waals surface area contributed by atoms with E-state index in [0.29, 0.717) is 25.4 Å². The first-order valence-electron chi connectivity index (χ1n) is 8.96. The maximum Gasteiger partial charge on any atom is 0.327 e. The normalized spacial score (nSPS) is 22.9. The zero-order valence-corrected chi connectivity index (χ0v) is 16.4. The maximum atomic E-state index is 9.25. The Kier molecular flexibility index (Phi) is 15.3. The van der Waals surface area contributed by atoms with Crippen molar-refractivity contribution in [3.63, 3.8) is 0 Å². The molecule has 0 spiro atoms. The minimum Gasteiger partial charge on any atom is -0.478 e. The number of aliphatic carboxylic acids is 1. The zero-order chi connectivity index (χ0) is 20.7. The number of hydrogen-bond acceptors (Lipinski definition) is 8. The highest BCUT2D eigenvalue weighted by Gasteiger charge is 2.26. The molecule has 2 aliphatic heterocycles. The summed E-state index contributed by atoms with van der Waals surface area (Å²) in [7, 11) is 0. The molecule has 2 saturated heterocycles. The molecule has 9 heteroatoms. The number of carbonyl (C=O) groups is 1. The molecule has 9 nitrogen and oxygen atoms in total. The Balaban J connectivity index is 0.000000415. The molecule has 0 amide bonds. The van der Waals surface area contributed by atoms with Crippen LogP contribution in [0.2, 0.25) is 0 Å². The molecule has 2 rings (SSSR count). The molecule has 0 radical (unpaired) electrons. The lowest BCUT2D eigenvalue weighted by Gasteiger charge is -2.16. The van der Waals surface area contributed by atoms with Gasteiger partial charge in [-0.2, -0.15) is 0 Å². The van der Waals surface area contributed by atoms with Crippen molar-refractivity contribution in [2.45, 2.75) is 51.3 Å². The van der Waals surface area contributed by atoms with E-state index in [1.54, 1.807) is 13.8 Å². The number of aliphatic hydroxyl groups is 2. The third-order valence-electron chi connectivity index (χ3n) is 3.08. The molecule has 27 heavy (non-hydrogen) atoms. The van der Waals surface area contributed by atoms with Crippen LogP contribution in [0, 0.1) is 0 Å². The Morgan fingerprint density at radius 1 is 1.11 bits per heavy atom. The lowest BCUT2D eigenvalue weighted by molar-refractivity contribution is -0.131.